The molecule has 0 saturated heterocycles. The summed E-state index contributed by atoms with van der Waals surface area (Å²) in [6.45, 7) is 0. The molecule has 0 aromatic heterocycles. The van der Waals surface area contributed by atoms with Crippen molar-refractivity contribution in [2.75, 3.05) is 19.0 Å². The van der Waals surface area contributed by atoms with Gasteiger partial charge in [0.25, 0.3) is 11.8 Å². The van der Waals surface area contributed by atoms with Crippen LogP contribution < -0.4 is 15.6 Å². The number of hydrogen-bond acceptors (Lipinski definition) is 4. The van der Waals surface area contributed by atoms with E-state index < -0.39 is 5.91 Å². The molecule has 0 saturated carbocycles. The van der Waals surface area contributed by atoms with Crippen LogP contribution in [0.4, 0.5) is 5.69 Å². The second-order valence-electron chi connectivity index (χ2n) is 7.35. The zero-order valence-electron chi connectivity index (χ0n) is 18.6. The van der Waals surface area contributed by atoms with Crippen molar-refractivity contribution in [3.8, 4) is 0 Å². The van der Waals surface area contributed by atoms with E-state index in [-0.39, 0.29) is 11.6 Å². The second-order valence-corrected chi connectivity index (χ2v) is 7.35. The lowest BCUT2D eigenvalue weighted by molar-refractivity contribution is -0.117. The van der Waals surface area contributed by atoms with Gasteiger partial charge in [0.15, 0.2) is 0 Å². The SMILES string of the molecule is CN(C)c1ccc(/C=C(\NC(=O)c2ccccc2)C(=O)NN=C/C=C/c2ccccc2)cc1. The number of amides is 2. The van der Waals surface area contributed by atoms with Gasteiger partial charge in [-0.05, 0) is 47.5 Å². The Morgan fingerprint density at radius 1 is 0.818 bits per heavy atom. The summed E-state index contributed by atoms with van der Waals surface area (Å²) in [5.41, 5.74) is 5.82. The molecule has 0 radical (unpaired) electrons. The molecule has 0 heterocycles. The quantitative estimate of drug-likeness (QED) is 0.312. The zero-order chi connectivity index (χ0) is 23.5. The van der Waals surface area contributed by atoms with Crippen molar-refractivity contribution in [3.63, 3.8) is 0 Å². The monoisotopic (exact) mass is 438 g/mol. The Morgan fingerprint density at radius 2 is 1.45 bits per heavy atom. The molecular weight excluding hydrogens is 412 g/mol. The van der Waals surface area contributed by atoms with Crippen molar-refractivity contribution in [1.82, 2.24) is 10.7 Å². The largest absolute Gasteiger partial charge is 0.378 e. The summed E-state index contributed by atoms with van der Waals surface area (Å²) >= 11 is 0. The Morgan fingerprint density at radius 3 is 2.09 bits per heavy atom. The summed E-state index contributed by atoms with van der Waals surface area (Å²) in [5.74, 6) is -0.907. The number of hydrazone groups is 1. The Hall–Kier alpha value is -4.45. The number of nitrogens with zero attached hydrogens (tertiary/aromatic N) is 2. The number of carbonyl (C=O) groups is 2. The Labute approximate surface area is 193 Å². The van der Waals surface area contributed by atoms with Gasteiger partial charge < -0.3 is 10.2 Å². The van der Waals surface area contributed by atoms with Crippen molar-refractivity contribution in [3.05, 3.63) is 113 Å². The molecule has 166 valence electrons. The van der Waals surface area contributed by atoms with Crippen molar-refractivity contribution in [1.29, 1.82) is 0 Å². The number of allylic oxidation sites excluding steroid dienone is 1. The molecule has 2 N–H and O–H groups in total. The Balaban J connectivity index is 1.75. The molecule has 3 aromatic rings. The van der Waals surface area contributed by atoms with Crippen LogP contribution in [-0.2, 0) is 4.79 Å². The third-order valence-electron chi connectivity index (χ3n) is 4.66. The summed E-state index contributed by atoms with van der Waals surface area (Å²) in [4.78, 5) is 27.4. The Kier molecular flexibility index (Phi) is 8.31. The highest BCUT2D eigenvalue weighted by Gasteiger charge is 2.14. The van der Waals surface area contributed by atoms with Gasteiger partial charge in [-0.25, -0.2) is 5.43 Å². The first-order chi connectivity index (χ1) is 16.0. The number of rotatable bonds is 8. The maximum Gasteiger partial charge on any atom is 0.287 e. The van der Waals surface area contributed by atoms with Gasteiger partial charge >= 0.3 is 0 Å². The normalized spacial score (nSPS) is 11.5. The molecule has 0 bridgehead atoms. The molecule has 0 fully saturated rings. The molecular formula is C27H26N4O2. The van der Waals surface area contributed by atoms with E-state index in [4.69, 9.17) is 0 Å². The first-order valence-corrected chi connectivity index (χ1v) is 10.4. The standard InChI is InChI=1S/C27H26N4O2/c1-31(2)24-17-15-22(16-18-24)20-25(29-26(32)23-13-7-4-8-14-23)27(33)30-28-19-9-12-21-10-5-3-6-11-21/h3-20H,1-2H3,(H,29,32)(H,30,33)/b12-9+,25-20-,28-19?. The summed E-state index contributed by atoms with van der Waals surface area (Å²) in [7, 11) is 3.90. The molecule has 0 aliphatic heterocycles. The molecule has 2 amide bonds. The van der Waals surface area contributed by atoms with Crippen molar-refractivity contribution >= 4 is 35.9 Å². The van der Waals surface area contributed by atoms with E-state index in [1.807, 2.05) is 85.7 Å². The third kappa shape index (κ3) is 7.33. The van der Waals surface area contributed by atoms with Gasteiger partial charge in [0.2, 0.25) is 0 Å². The van der Waals surface area contributed by atoms with Crippen molar-refractivity contribution < 1.29 is 9.59 Å². The van der Waals surface area contributed by atoms with Gasteiger partial charge in [0, 0.05) is 31.6 Å². The highest BCUT2D eigenvalue weighted by Crippen LogP contribution is 2.14. The summed E-state index contributed by atoms with van der Waals surface area (Å²) < 4.78 is 0. The van der Waals surface area contributed by atoms with Gasteiger partial charge in [0.05, 0.1) is 0 Å². The highest BCUT2D eigenvalue weighted by atomic mass is 16.2. The minimum atomic E-state index is -0.527. The van der Waals surface area contributed by atoms with E-state index in [1.165, 1.54) is 6.21 Å². The number of nitrogens with one attached hydrogen (secondary N) is 2. The molecule has 33 heavy (non-hydrogen) atoms. The number of benzene rings is 3. The Bertz CT molecular complexity index is 1150. The molecule has 6 nitrogen and oxygen atoms in total. The van der Waals surface area contributed by atoms with E-state index in [1.54, 1.807) is 36.4 Å². The van der Waals surface area contributed by atoms with E-state index >= 15 is 0 Å². The molecule has 3 rings (SSSR count). The summed E-state index contributed by atoms with van der Waals surface area (Å²) in [6, 6.07) is 26.1. The van der Waals surface area contributed by atoms with Gasteiger partial charge in [-0.2, -0.15) is 5.10 Å². The first kappa shape index (κ1) is 23.2. The minimum Gasteiger partial charge on any atom is -0.378 e. The lowest BCUT2D eigenvalue weighted by atomic mass is 10.1. The fourth-order valence-corrected chi connectivity index (χ4v) is 2.90. The van der Waals surface area contributed by atoms with Crippen LogP contribution in [0.2, 0.25) is 0 Å². The topological polar surface area (TPSA) is 73.8 Å². The molecule has 6 heteroatoms. The van der Waals surface area contributed by atoms with Crippen LogP contribution in [0.3, 0.4) is 0 Å². The van der Waals surface area contributed by atoms with Gasteiger partial charge in [0.1, 0.15) is 5.70 Å². The third-order valence-corrected chi connectivity index (χ3v) is 4.66. The van der Waals surface area contributed by atoms with E-state index in [9.17, 15) is 9.59 Å². The predicted octanol–water partition coefficient (Wildman–Crippen LogP) is 4.34. The van der Waals surface area contributed by atoms with E-state index in [0.29, 0.717) is 5.56 Å². The zero-order valence-corrected chi connectivity index (χ0v) is 18.6. The number of hydrogen-bond donors (Lipinski definition) is 2. The fraction of sp³-hybridized carbons (Fsp3) is 0.0741. The first-order valence-electron chi connectivity index (χ1n) is 10.4. The fourth-order valence-electron chi connectivity index (χ4n) is 2.90. The predicted molar refractivity (Wildman–Crippen MR) is 135 cm³/mol. The molecule has 0 atom stereocenters. The van der Waals surface area contributed by atoms with Crippen molar-refractivity contribution in [2.45, 2.75) is 0 Å². The van der Waals surface area contributed by atoms with Crippen LogP contribution in [0, 0.1) is 0 Å². The van der Waals surface area contributed by atoms with Crippen molar-refractivity contribution in [2.24, 2.45) is 5.10 Å². The molecule has 0 aliphatic carbocycles. The van der Waals surface area contributed by atoms with Gasteiger partial charge in [-0.3, -0.25) is 9.59 Å². The molecule has 3 aromatic carbocycles. The van der Waals surface area contributed by atoms with E-state index in [0.717, 1.165) is 16.8 Å². The van der Waals surface area contributed by atoms with Crippen LogP contribution in [0.5, 0.6) is 0 Å². The minimum absolute atomic E-state index is 0.0886. The van der Waals surface area contributed by atoms with Gasteiger partial charge in [-0.1, -0.05) is 66.7 Å². The van der Waals surface area contributed by atoms with E-state index in [2.05, 4.69) is 15.8 Å². The van der Waals surface area contributed by atoms with Crippen LogP contribution in [-0.4, -0.2) is 32.1 Å². The molecule has 0 aliphatic rings. The van der Waals surface area contributed by atoms with Gasteiger partial charge in [-0.15, -0.1) is 0 Å². The average molecular weight is 439 g/mol. The molecule has 0 spiro atoms. The maximum absolute atomic E-state index is 12.8. The molecule has 0 unspecified atom stereocenters. The van der Waals surface area contributed by atoms with Crippen LogP contribution in [0.1, 0.15) is 21.5 Å². The maximum atomic E-state index is 12.8. The second kappa shape index (κ2) is 11.8. The summed E-state index contributed by atoms with van der Waals surface area (Å²) in [6.07, 6.45) is 6.69. The highest BCUT2D eigenvalue weighted by molar-refractivity contribution is 6.05. The lowest BCUT2D eigenvalue weighted by Crippen LogP contribution is -2.32. The smallest absolute Gasteiger partial charge is 0.287 e. The van der Waals surface area contributed by atoms with Crippen LogP contribution in [0.15, 0.2) is 102 Å². The lowest BCUT2D eigenvalue weighted by Gasteiger charge is -2.12. The number of anilines is 1. The van der Waals surface area contributed by atoms with Crippen LogP contribution >= 0.6 is 0 Å². The summed E-state index contributed by atoms with van der Waals surface area (Å²) in [5, 5.41) is 6.65. The number of carbonyl (C=O) groups excluding carboxylic acids is 2. The average Bonchev–Trinajstić information content (AvgIpc) is 2.84. The van der Waals surface area contributed by atoms with Crippen LogP contribution in [0.25, 0.3) is 12.2 Å².